The summed E-state index contributed by atoms with van der Waals surface area (Å²) >= 11 is 3.16. The summed E-state index contributed by atoms with van der Waals surface area (Å²) in [5, 5.41) is 0. The Balaban J connectivity index is 2.73. The summed E-state index contributed by atoms with van der Waals surface area (Å²) in [5.41, 5.74) is 0.734. The molecule has 0 aliphatic carbocycles. The lowest BCUT2D eigenvalue weighted by molar-refractivity contribution is 0.0995. The smallest absolute Gasteiger partial charge is 0.167 e. The molecule has 0 aromatic heterocycles. The van der Waals surface area contributed by atoms with Gasteiger partial charge in [0.25, 0.3) is 0 Å². The Hall–Kier alpha value is -0.890. The van der Waals surface area contributed by atoms with Crippen molar-refractivity contribution < 1.29 is 4.79 Å². The third kappa shape index (κ3) is 2.62. The van der Waals surface area contributed by atoms with Crippen molar-refractivity contribution in [3.05, 3.63) is 47.0 Å². The number of halogens is 1. The molecule has 12 heavy (non-hydrogen) atoms. The van der Waals surface area contributed by atoms with E-state index >= 15 is 0 Å². The van der Waals surface area contributed by atoms with Gasteiger partial charge in [0.2, 0.25) is 0 Å². The molecule has 2 heteroatoms. The van der Waals surface area contributed by atoms with Crippen molar-refractivity contribution in [1.29, 1.82) is 0 Å². The van der Waals surface area contributed by atoms with Gasteiger partial charge in [-0.1, -0.05) is 52.8 Å². The second-order valence-corrected chi connectivity index (χ2v) is 3.60. The number of carbonyl (C=O) groups is 1. The quantitative estimate of drug-likeness (QED) is 0.722. The van der Waals surface area contributed by atoms with E-state index in [1.807, 2.05) is 18.2 Å². The van der Waals surface area contributed by atoms with Gasteiger partial charge in [-0.2, -0.15) is 0 Å². The summed E-state index contributed by atoms with van der Waals surface area (Å²) < 4.78 is 0.719. The Labute approximate surface area is 80.2 Å². The highest BCUT2D eigenvalue weighted by atomic mass is 79.9. The predicted octanol–water partition coefficient (Wildman–Crippen LogP) is 3.17. The minimum atomic E-state index is 0.0949. The largest absolute Gasteiger partial charge is 0.294 e. The van der Waals surface area contributed by atoms with Crippen LogP contribution < -0.4 is 0 Å². The molecule has 0 unspecified atom stereocenters. The normalized spacial score (nSPS) is 9.42. The van der Waals surface area contributed by atoms with Crippen LogP contribution in [0.1, 0.15) is 16.8 Å². The van der Waals surface area contributed by atoms with E-state index in [1.54, 1.807) is 12.1 Å². The molecule has 0 radical (unpaired) electrons. The van der Waals surface area contributed by atoms with Gasteiger partial charge in [-0.25, -0.2) is 0 Å². The first kappa shape index (κ1) is 9.20. The molecule has 0 atom stereocenters. The van der Waals surface area contributed by atoms with Crippen LogP contribution in [-0.2, 0) is 0 Å². The SMILES string of the molecule is C=C(Br)CC(=O)c1ccccc1. The Bertz CT molecular complexity index is 290. The van der Waals surface area contributed by atoms with Gasteiger partial charge in [-0.3, -0.25) is 4.79 Å². The van der Waals surface area contributed by atoms with E-state index in [0.717, 1.165) is 10.0 Å². The maximum absolute atomic E-state index is 11.4. The van der Waals surface area contributed by atoms with Crippen LogP contribution >= 0.6 is 15.9 Å². The molecule has 1 nitrogen and oxygen atoms in total. The lowest BCUT2D eigenvalue weighted by Crippen LogP contribution is -1.97. The summed E-state index contributed by atoms with van der Waals surface area (Å²) in [6.07, 6.45) is 0.365. The van der Waals surface area contributed by atoms with Gasteiger partial charge in [-0.05, 0) is 4.48 Å². The zero-order chi connectivity index (χ0) is 8.97. The minimum absolute atomic E-state index is 0.0949. The molecule has 0 saturated heterocycles. The van der Waals surface area contributed by atoms with Gasteiger partial charge >= 0.3 is 0 Å². The van der Waals surface area contributed by atoms with Crippen LogP contribution in [-0.4, -0.2) is 5.78 Å². The monoisotopic (exact) mass is 224 g/mol. The standard InChI is InChI=1S/C10H9BrO/c1-8(11)7-10(12)9-5-3-2-4-6-9/h2-6H,1,7H2. The topological polar surface area (TPSA) is 17.1 Å². The second-order valence-electron chi connectivity index (χ2n) is 2.48. The number of carbonyl (C=O) groups excluding carboxylic acids is 1. The van der Waals surface area contributed by atoms with Crippen LogP contribution in [0, 0.1) is 0 Å². The van der Waals surface area contributed by atoms with E-state index in [4.69, 9.17) is 0 Å². The molecule has 0 spiro atoms. The molecule has 0 heterocycles. The molecule has 0 bridgehead atoms. The molecule has 0 aliphatic heterocycles. The van der Waals surface area contributed by atoms with Gasteiger partial charge in [0, 0.05) is 12.0 Å². The lowest BCUT2D eigenvalue weighted by atomic mass is 10.1. The Kier molecular flexibility index (Phi) is 3.23. The highest BCUT2D eigenvalue weighted by Gasteiger charge is 2.04. The molecule has 1 aromatic carbocycles. The molecule has 1 aromatic rings. The summed E-state index contributed by atoms with van der Waals surface area (Å²) in [6, 6.07) is 9.20. The van der Waals surface area contributed by atoms with Crippen LogP contribution in [0.2, 0.25) is 0 Å². The van der Waals surface area contributed by atoms with Crippen molar-refractivity contribution in [1.82, 2.24) is 0 Å². The summed E-state index contributed by atoms with van der Waals surface area (Å²) in [7, 11) is 0. The van der Waals surface area contributed by atoms with Crippen molar-refractivity contribution in [2.24, 2.45) is 0 Å². The van der Waals surface area contributed by atoms with E-state index in [0.29, 0.717) is 6.42 Å². The van der Waals surface area contributed by atoms with E-state index in [2.05, 4.69) is 22.5 Å². The van der Waals surface area contributed by atoms with Gasteiger partial charge in [0.1, 0.15) is 0 Å². The lowest BCUT2D eigenvalue weighted by Gasteiger charge is -1.97. The highest BCUT2D eigenvalue weighted by Crippen LogP contribution is 2.11. The van der Waals surface area contributed by atoms with Crippen LogP contribution in [0.5, 0.6) is 0 Å². The Morgan fingerprint density at radius 2 is 1.92 bits per heavy atom. The maximum atomic E-state index is 11.4. The second kappa shape index (κ2) is 4.21. The van der Waals surface area contributed by atoms with Crippen molar-refractivity contribution in [2.45, 2.75) is 6.42 Å². The van der Waals surface area contributed by atoms with Crippen LogP contribution in [0.3, 0.4) is 0 Å². The fourth-order valence-electron chi connectivity index (χ4n) is 0.900. The molecule has 0 amide bonds. The van der Waals surface area contributed by atoms with Crippen molar-refractivity contribution >= 4 is 21.7 Å². The molecule has 1 rings (SSSR count). The fraction of sp³-hybridized carbons (Fsp3) is 0.100. The number of ketones is 1. The number of allylic oxidation sites excluding steroid dienone is 1. The molecule has 0 fully saturated rings. The first-order chi connectivity index (χ1) is 5.70. The molecule has 0 N–H and O–H groups in total. The third-order valence-corrected chi connectivity index (χ3v) is 1.73. The van der Waals surface area contributed by atoms with Gasteiger partial charge < -0.3 is 0 Å². The molecule has 0 aliphatic rings. The number of Topliss-reactive ketones (excluding diaryl/α,β-unsaturated/α-hetero) is 1. The maximum Gasteiger partial charge on any atom is 0.167 e. The minimum Gasteiger partial charge on any atom is -0.294 e. The molecule has 0 saturated carbocycles. The Morgan fingerprint density at radius 3 is 2.42 bits per heavy atom. The summed E-state index contributed by atoms with van der Waals surface area (Å²) in [6.45, 7) is 3.62. The first-order valence-electron chi connectivity index (χ1n) is 3.61. The number of hydrogen-bond acceptors (Lipinski definition) is 1. The van der Waals surface area contributed by atoms with Crippen LogP contribution in [0.4, 0.5) is 0 Å². The number of rotatable bonds is 3. The van der Waals surface area contributed by atoms with E-state index < -0.39 is 0 Å². The van der Waals surface area contributed by atoms with Crippen molar-refractivity contribution in [3.8, 4) is 0 Å². The van der Waals surface area contributed by atoms with E-state index in [1.165, 1.54) is 0 Å². The predicted molar refractivity (Wildman–Crippen MR) is 53.5 cm³/mol. The number of hydrogen-bond donors (Lipinski definition) is 0. The average molecular weight is 225 g/mol. The zero-order valence-corrected chi connectivity index (χ0v) is 8.17. The highest BCUT2D eigenvalue weighted by molar-refractivity contribution is 9.11. The fourth-order valence-corrected chi connectivity index (χ4v) is 1.15. The van der Waals surface area contributed by atoms with E-state index in [9.17, 15) is 4.79 Å². The van der Waals surface area contributed by atoms with Gasteiger partial charge in [0.05, 0.1) is 0 Å². The summed E-state index contributed by atoms with van der Waals surface area (Å²) in [5.74, 6) is 0.0949. The van der Waals surface area contributed by atoms with Gasteiger partial charge in [-0.15, -0.1) is 0 Å². The Morgan fingerprint density at radius 1 is 1.33 bits per heavy atom. The van der Waals surface area contributed by atoms with Crippen molar-refractivity contribution in [3.63, 3.8) is 0 Å². The van der Waals surface area contributed by atoms with E-state index in [-0.39, 0.29) is 5.78 Å². The number of benzene rings is 1. The zero-order valence-electron chi connectivity index (χ0n) is 6.59. The van der Waals surface area contributed by atoms with Crippen LogP contribution in [0.25, 0.3) is 0 Å². The molecular weight excluding hydrogens is 216 g/mol. The van der Waals surface area contributed by atoms with Gasteiger partial charge in [0.15, 0.2) is 5.78 Å². The molecule has 62 valence electrons. The first-order valence-corrected chi connectivity index (χ1v) is 4.41. The van der Waals surface area contributed by atoms with Crippen molar-refractivity contribution in [2.75, 3.05) is 0 Å². The van der Waals surface area contributed by atoms with Crippen LogP contribution in [0.15, 0.2) is 41.4 Å². The average Bonchev–Trinajstić information content (AvgIpc) is 2.05. The third-order valence-electron chi connectivity index (χ3n) is 1.45. The summed E-state index contributed by atoms with van der Waals surface area (Å²) in [4.78, 5) is 11.4. The molecular formula is C10H9BrO.